The van der Waals surface area contributed by atoms with Crippen molar-refractivity contribution in [3.05, 3.63) is 0 Å². The molecule has 2 unspecified atom stereocenters. The molecule has 78 valence electrons. The Bertz CT molecular complexity index is 378. The van der Waals surface area contributed by atoms with Crippen LogP contribution < -0.4 is 0 Å². The second-order valence-electron chi connectivity index (χ2n) is 6.72. The summed E-state index contributed by atoms with van der Waals surface area (Å²) >= 11 is 0. The fourth-order valence-corrected chi connectivity index (χ4v) is 6.59. The summed E-state index contributed by atoms with van der Waals surface area (Å²) in [4.78, 5) is 0. The number of rotatable bonds is 0. The fourth-order valence-electron chi connectivity index (χ4n) is 6.59. The summed E-state index contributed by atoms with van der Waals surface area (Å²) in [6.45, 7) is 0. The molecule has 3 aliphatic heterocycles. The van der Waals surface area contributed by atoms with Crippen LogP contribution in [0.2, 0.25) is 0 Å². The molecule has 7 rings (SSSR count). The van der Waals surface area contributed by atoms with Crippen LogP contribution in [0.5, 0.6) is 0 Å². The van der Waals surface area contributed by atoms with Crippen LogP contribution in [0, 0.1) is 23.7 Å². The third kappa shape index (κ3) is 0.369. The van der Waals surface area contributed by atoms with Gasteiger partial charge in [-0.05, 0) is 12.8 Å². The molecule has 3 heterocycles. The number of hydrogen-bond acceptors (Lipinski definition) is 3. The fraction of sp³-hybridized carbons (Fsp3) is 1.00. The molecule has 15 heavy (non-hydrogen) atoms. The maximum atomic E-state index is 6.38. The van der Waals surface area contributed by atoms with Gasteiger partial charge in [0.15, 0.2) is 0 Å². The maximum Gasteiger partial charge on any atom is 0.109 e. The molecule has 0 aromatic carbocycles. The summed E-state index contributed by atoms with van der Waals surface area (Å²) in [5, 5.41) is 0. The number of hydrogen-bond donors (Lipinski definition) is 0. The van der Waals surface area contributed by atoms with Gasteiger partial charge in [-0.3, -0.25) is 0 Å². The van der Waals surface area contributed by atoms with Gasteiger partial charge in [0.2, 0.25) is 0 Å². The highest BCUT2D eigenvalue weighted by atomic mass is 16.7. The van der Waals surface area contributed by atoms with Gasteiger partial charge in [-0.25, -0.2) is 0 Å². The van der Waals surface area contributed by atoms with Crippen molar-refractivity contribution in [1.29, 1.82) is 0 Å². The summed E-state index contributed by atoms with van der Waals surface area (Å²) in [6, 6.07) is 0. The monoisotopic (exact) mass is 204 g/mol. The van der Waals surface area contributed by atoms with Gasteiger partial charge < -0.3 is 14.2 Å². The van der Waals surface area contributed by atoms with E-state index in [0.717, 1.165) is 23.7 Å². The molecule has 3 saturated heterocycles. The van der Waals surface area contributed by atoms with E-state index in [1.54, 1.807) is 0 Å². The van der Waals surface area contributed by atoms with Crippen LogP contribution in [-0.4, -0.2) is 35.6 Å². The van der Waals surface area contributed by atoms with Gasteiger partial charge in [-0.15, -0.1) is 0 Å². The van der Waals surface area contributed by atoms with Crippen LogP contribution in [0.4, 0.5) is 0 Å². The molecule has 0 radical (unpaired) electrons. The van der Waals surface area contributed by atoms with Crippen molar-refractivity contribution in [2.75, 3.05) is 0 Å². The highest BCUT2D eigenvalue weighted by molar-refractivity contribution is 5.47. The van der Waals surface area contributed by atoms with E-state index in [4.69, 9.17) is 14.2 Å². The van der Waals surface area contributed by atoms with E-state index in [1.165, 1.54) is 12.8 Å². The number of epoxide rings is 3. The molecule has 0 aromatic heterocycles. The zero-order valence-corrected chi connectivity index (χ0v) is 8.26. The Morgan fingerprint density at radius 3 is 1.47 bits per heavy atom. The molecule has 0 spiro atoms. The van der Waals surface area contributed by atoms with Gasteiger partial charge >= 0.3 is 0 Å². The zero-order valence-electron chi connectivity index (χ0n) is 8.26. The Labute approximate surface area is 87.1 Å². The van der Waals surface area contributed by atoms with Crippen LogP contribution in [-0.2, 0) is 14.2 Å². The van der Waals surface area contributed by atoms with Crippen LogP contribution in [0.3, 0.4) is 0 Å². The Balaban J connectivity index is 1.57. The number of ether oxygens (including phenoxy) is 3. The molecular weight excluding hydrogens is 192 g/mol. The van der Waals surface area contributed by atoms with Gasteiger partial charge in [0.25, 0.3) is 0 Å². The number of fused-ring (bicyclic) bond motifs is 10. The predicted molar refractivity (Wildman–Crippen MR) is 47.1 cm³/mol. The molecule has 0 N–H and O–H groups in total. The van der Waals surface area contributed by atoms with Gasteiger partial charge in [0, 0.05) is 23.7 Å². The second kappa shape index (κ2) is 1.38. The average molecular weight is 204 g/mol. The molecule has 7 fully saturated rings. The van der Waals surface area contributed by atoms with Gasteiger partial charge in [-0.2, -0.15) is 0 Å². The quantitative estimate of drug-likeness (QED) is 0.534. The molecule has 3 heteroatoms. The average Bonchev–Trinajstić information content (AvgIpc) is 3.20. The minimum atomic E-state index is 0.262. The molecule has 0 aromatic rings. The summed E-state index contributed by atoms with van der Waals surface area (Å²) in [7, 11) is 0. The van der Waals surface area contributed by atoms with E-state index in [1.807, 2.05) is 0 Å². The Kier molecular flexibility index (Phi) is 0.604. The standard InChI is InChI=1S/C12H12O3/c1-3-7-8(13-7)4(1)12-6-2-5(9-10(6)14-9)11(3,12)15-12/h3-10H,1-2H2/t3-,4-,5-,6-,7-,8-,9-,10+,11?,12?/m1/s1. The van der Waals surface area contributed by atoms with Crippen molar-refractivity contribution >= 4 is 0 Å². The minimum absolute atomic E-state index is 0.262. The lowest BCUT2D eigenvalue weighted by Gasteiger charge is -2.23. The SMILES string of the molecule is C1[C@@H]2[C@@H]3O[C@@H]3[C@@H]1C13OC21[C@@H]1C[C@@H]3[C@H]2O[C@@H]21. The molecule has 7 aliphatic rings. The summed E-state index contributed by atoms with van der Waals surface area (Å²) in [5.74, 6) is 2.97. The van der Waals surface area contributed by atoms with E-state index < -0.39 is 0 Å². The molecule has 4 bridgehead atoms. The van der Waals surface area contributed by atoms with Crippen LogP contribution in [0.25, 0.3) is 0 Å². The predicted octanol–water partition coefficient (Wildman–Crippen LogP) is 0.328. The van der Waals surface area contributed by atoms with Gasteiger partial charge in [0.05, 0.1) is 24.4 Å². The van der Waals surface area contributed by atoms with Crippen molar-refractivity contribution in [3.63, 3.8) is 0 Å². The highest BCUT2D eigenvalue weighted by Crippen LogP contribution is 2.88. The molecule has 4 aliphatic carbocycles. The van der Waals surface area contributed by atoms with E-state index in [0.29, 0.717) is 24.4 Å². The maximum absolute atomic E-state index is 6.38. The first kappa shape index (κ1) is 6.58. The smallest absolute Gasteiger partial charge is 0.109 e. The molecule has 4 saturated carbocycles. The summed E-state index contributed by atoms with van der Waals surface area (Å²) in [5.41, 5.74) is 0.523. The Morgan fingerprint density at radius 2 is 1.07 bits per heavy atom. The highest BCUT2D eigenvalue weighted by Gasteiger charge is 3.00. The third-order valence-corrected chi connectivity index (χ3v) is 6.84. The van der Waals surface area contributed by atoms with E-state index in [9.17, 15) is 0 Å². The first-order valence-corrected chi connectivity index (χ1v) is 6.39. The molecule has 10 atom stereocenters. The van der Waals surface area contributed by atoms with Crippen molar-refractivity contribution in [3.8, 4) is 0 Å². The lowest BCUT2D eigenvalue weighted by atomic mass is 9.71. The molecule has 3 nitrogen and oxygen atoms in total. The molecular formula is C12H12O3. The summed E-state index contributed by atoms with van der Waals surface area (Å²) < 4.78 is 18.0. The first-order chi connectivity index (χ1) is 7.38. The van der Waals surface area contributed by atoms with Gasteiger partial charge in [-0.1, -0.05) is 0 Å². The first-order valence-electron chi connectivity index (χ1n) is 6.39. The molecule has 0 amide bonds. The van der Waals surface area contributed by atoms with E-state index in [-0.39, 0.29) is 11.2 Å². The topological polar surface area (TPSA) is 37.6 Å². The zero-order chi connectivity index (χ0) is 9.15. The lowest BCUT2D eigenvalue weighted by molar-refractivity contribution is 0.0135. The van der Waals surface area contributed by atoms with Crippen molar-refractivity contribution in [2.24, 2.45) is 23.7 Å². The largest absolute Gasteiger partial charge is 0.369 e. The van der Waals surface area contributed by atoms with Crippen LogP contribution >= 0.6 is 0 Å². The van der Waals surface area contributed by atoms with Crippen molar-refractivity contribution in [2.45, 2.75) is 48.5 Å². The third-order valence-electron chi connectivity index (χ3n) is 6.84. The van der Waals surface area contributed by atoms with E-state index in [2.05, 4.69) is 0 Å². The minimum Gasteiger partial charge on any atom is -0.369 e. The van der Waals surface area contributed by atoms with Crippen LogP contribution in [0.1, 0.15) is 12.8 Å². The van der Waals surface area contributed by atoms with E-state index >= 15 is 0 Å². The Hall–Kier alpha value is -0.120. The van der Waals surface area contributed by atoms with Crippen molar-refractivity contribution < 1.29 is 14.2 Å². The van der Waals surface area contributed by atoms with Crippen molar-refractivity contribution in [1.82, 2.24) is 0 Å². The summed E-state index contributed by atoms with van der Waals surface area (Å²) in [6.07, 6.45) is 5.15. The Morgan fingerprint density at radius 1 is 0.667 bits per heavy atom. The van der Waals surface area contributed by atoms with Gasteiger partial charge in [0.1, 0.15) is 11.2 Å². The second-order valence-corrected chi connectivity index (χ2v) is 6.72. The van der Waals surface area contributed by atoms with Crippen LogP contribution in [0.15, 0.2) is 0 Å². The lowest BCUT2D eigenvalue weighted by Crippen LogP contribution is -2.44. The normalized spacial score (nSPS) is 91.2.